The lowest BCUT2D eigenvalue weighted by Crippen LogP contribution is -2.44. The molecule has 2 N–H and O–H groups in total. The second kappa shape index (κ2) is 7.99. The number of amides is 2. The second-order valence-electron chi connectivity index (χ2n) is 4.95. The van der Waals surface area contributed by atoms with Gasteiger partial charge >= 0.3 is 12.0 Å². The zero-order chi connectivity index (χ0) is 14.3. The summed E-state index contributed by atoms with van der Waals surface area (Å²) in [5, 5.41) is 11.9. The van der Waals surface area contributed by atoms with E-state index in [2.05, 4.69) is 5.32 Å². The number of unbranched alkanes of at least 4 members (excludes halogenated alkanes) is 2. The van der Waals surface area contributed by atoms with Crippen molar-refractivity contribution < 1.29 is 19.4 Å². The minimum atomic E-state index is -0.817. The van der Waals surface area contributed by atoms with Gasteiger partial charge in [-0.05, 0) is 32.6 Å². The summed E-state index contributed by atoms with van der Waals surface area (Å²) in [6, 6.07) is -0.381. The molecule has 1 saturated heterocycles. The molecule has 0 spiro atoms. The molecular formula is C13H24N2O4. The second-order valence-corrected chi connectivity index (χ2v) is 4.95. The van der Waals surface area contributed by atoms with E-state index in [0.717, 1.165) is 25.9 Å². The van der Waals surface area contributed by atoms with Crippen LogP contribution in [0.3, 0.4) is 0 Å². The van der Waals surface area contributed by atoms with Gasteiger partial charge in [-0.1, -0.05) is 0 Å². The Kier molecular flexibility index (Phi) is 6.62. The summed E-state index contributed by atoms with van der Waals surface area (Å²) >= 11 is 0. The lowest BCUT2D eigenvalue weighted by molar-refractivity contribution is -0.142. The van der Waals surface area contributed by atoms with Crippen LogP contribution < -0.4 is 5.32 Å². The zero-order valence-corrected chi connectivity index (χ0v) is 11.7. The van der Waals surface area contributed by atoms with Crippen molar-refractivity contribution >= 4 is 12.0 Å². The molecule has 1 rings (SSSR count). The molecule has 0 saturated carbocycles. The highest BCUT2D eigenvalue weighted by Gasteiger charge is 2.37. The van der Waals surface area contributed by atoms with Gasteiger partial charge in [-0.15, -0.1) is 0 Å². The zero-order valence-electron chi connectivity index (χ0n) is 11.7. The average Bonchev–Trinajstić information content (AvgIpc) is 2.75. The smallest absolute Gasteiger partial charge is 0.317 e. The van der Waals surface area contributed by atoms with Crippen LogP contribution in [0.25, 0.3) is 0 Å². The van der Waals surface area contributed by atoms with Crippen molar-refractivity contribution in [2.45, 2.75) is 38.6 Å². The van der Waals surface area contributed by atoms with E-state index in [4.69, 9.17) is 9.84 Å². The molecule has 1 aliphatic heterocycles. The first-order valence-electron chi connectivity index (χ1n) is 6.84. The van der Waals surface area contributed by atoms with Gasteiger partial charge in [0.05, 0.1) is 5.92 Å². The number of ether oxygens (including phenoxy) is 1. The van der Waals surface area contributed by atoms with E-state index in [0.29, 0.717) is 19.5 Å². The minimum Gasteiger partial charge on any atom is -0.481 e. The van der Waals surface area contributed by atoms with Gasteiger partial charge in [-0.25, -0.2) is 4.79 Å². The first-order valence-corrected chi connectivity index (χ1v) is 6.84. The quantitative estimate of drug-likeness (QED) is 0.685. The van der Waals surface area contributed by atoms with Crippen molar-refractivity contribution in [1.82, 2.24) is 10.2 Å². The predicted octanol–water partition coefficient (Wildman–Crippen LogP) is 1.31. The Hall–Kier alpha value is -1.30. The Bertz CT molecular complexity index is 309. The van der Waals surface area contributed by atoms with Crippen LogP contribution in [0.2, 0.25) is 0 Å². The van der Waals surface area contributed by atoms with E-state index in [1.165, 1.54) is 0 Å². The molecule has 0 aromatic heterocycles. The molecule has 1 fully saturated rings. The minimum absolute atomic E-state index is 0.150. The van der Waals surface area contributed by atoms with Crippen molar-refractivity contribution in [3.05, 3.63) is 0 Å². The highest BCUT2D eigenvalue weighted by atomic mass is 16.5. The molecule has 0 aromatic rings. The third-order valence-corrected chi connectivity index (χ3v) is 3.63. The Morgan fingerprint density at radius 3 is 2.68 bits per heavy atom. The Labute approximate surface area is 114 Å². The van der Waals surface area contributed by atoms with Gasteiger partial charge in [0.1, 0.15) is 0 Å². The summed E-state index contributed by atoms with van der Waals surface area (Å²) in [6.07, 6.45) is 3.46. The monoisotopic (exact) mass is 272 g/mol. The number of aliphatic carboxylic acids is 1. The van der Waals surface area contributed by atoms with E-state index in [1.807, 2.05) is 0 Å². The normalized spacial score (nSPS) is 22.5. The SMILES string of the molecule is COCCCCCNC(=O)N1CCC(C(=O)O)C1C. The first kappa shape index (κ1) is 15.8. The van der Waals surface area contributed by atoms with E-state index >= 15 is 0 Å². The fourth-order valence-corrected chi connectivity index (χ4v) is 2.40. The largest absolute Gasteiger partial charge is 0.481 e. The van der Waals surface area contributed by atoms with Crippen molar-refractivity contribution in [1.29, 1.82) is 0 Å². The number of carboxylic acids is 1. The molecule has 0 bridgehead atoms. The number of likely N-dealkylation sites (tertiary alicyclic amines) is 1. The molecule has 2 unspecified atom stereocenters. The van der Waals surface area contributed by atoms with Crippen molar-refractivity contribution in [3.63, 3.8) is 0 Å². The van der Waals surface area contributed by atoms with Crippen molar-refractivity contribution in [3.8, 4) is 0 Å². The molecule has 2 atom stereocenters. The van der Waals surface area contributed by atoms with Crippen LogP contribution in [0.4, 0.5) is 4.79 Å². The highest BCUT2D eigenvalue weighted by Crippen LogP contribution is 2.24. The van der Waals surface area contributed by atoms with Gasteiger partial charge in [0, 0.05) is 32.8 Å². The van der Waals surface area contributed by atoms with Crippen LogP contribution in [-0.4, -0.2) is 54.9 Å². The van der Waals surface area contributed by atoms with Crippen LogP contribution in [0.15, 0.2) is 0 Å². The van der Waals surface area contributed by atoms with E-state index < -0.39 is 11.9 Å². The van der Waals surface area contributed by atoms with Gasteiger partial charge in [-0.2, -0.15) is 0 Å². The number of hydrogen-bond donors (Lipinski definition) is 2. The topological polar surface area (TPSA) is 78.9 Å². The van der Waals surface area contributed by atoms with Crippen molar-refractivity contribution in [2.24, 2.45) is 5.92 Å². The number of nitrogens with one attached hydrogen (secondary N) is 1. The number of methoxy groups -OCH3 is 1. The molecule has 19 heavy (non-hydrogen) atoms. The van der Waals surface area contributed by atoms with Crippen LogP contribution in [0.1, 0.15) is 32.6 Å². The molecule has 110 valence electrons. The van der Waals surface area contributed by atoms with Gasteiger partial charge in [0.25, 0.3) is 0 Å². The summed E-state index contributed by atoms with van der Waals surface area (Å²) in [4.78, 5) is 24.5. The summed E-state index contributed by atoms with van der Waals surface area (Å²) in [6.45, 7) is 3.69. The lowest BCUT2D eigenvalue weighted by atomic mass is 10.0. The number of nitrogens with zero attached hydrogens (tertiary/aromatic N) is 1. The molecule has 6 heteroatoms. The maximum absolute atomic E-state index is 11.9. The van der Waals surface area contributed by atoms with Gasteiger partial charge in [-0.3, -0.25) is 4.79 Å². The number of carbonyl (C=O) groups is 2. The Balaban J connectivity index is 2.21. The molecule has 0 radical (unpaired) electrons. The summed E-state index contributed by atoms with van der Waals surface area (Å²) in [5.74, 6) is -1.25. The maximum atomic E-state index is 11.9. The highest BCUT2D eigenvalue weighted by molar-refractivity contribution is 5.78. The van der Waals surface area contributed by atoms with Crippen molar-refractivity contribution in [2.75, 3.05) is 26.8 Å². The van der Waals surface area contributed by atoms with E-state index in [1.54, 1.807) is 18.9 Å². The number of carbonyl (C=O) groups excluding carboxylic acids is 1. The van der Waals surface area contributed by atoms with Crippen LogP contribution in [-0.2, 0) is 9.53 Å². The lowest BCUT2D eigenvalue weighted by Gasteiger charge is -2.23. The summed E-state index contributed by atoms with van der Waals surface area (Å²) < 4.78 is 4.95. The van der Waals surface area contributed by atoms with Gasteiger partial charge in [0.2, 0.25) is 0 Å². The number of hydrogen-bond acceptors (Lipinski definition) is 3. The molecule has 1 heterocycles. The first-order chi connectivity index (χ1) is 9.07. The third-order valence-electron chi connectivity index (χ3n) is 3.63. The molecule has 6 nitrogen and oxygen atoms in total. The number of carboxylic acid groups (broad SMARTS) is 1. The van der Waals surface area contributed by atoms with Crippen LogP contribution in [0.5, 0.6) is 0 Å². The van der Waals surface area contributed by atoms with Crippen LogP contribution >= 0.6 is 0 Å². The number of urea groups is 1. The fraction of sp³-hybridized carbons (Fsp3) is 0.846. The third kappa shape index (κ3) is 4.70. The molecule has 1 aliphatic rings. The van der Waals surface area contributed by atoms with Crippen LogP contribution in [0, 0.1) is 5.92 Å². The maximum Gasteiger partial charge on any atom is 0.317 e. The molecule has 0 aromatic carbocycles. The fourth-order valence-electron chi connectivity index (χ4n) is 2.40. The standard InChI is InChI=1S/C13H24N2O4/c1-10-11(12(16)17)6-8-15(10)13(18)14-7-4-3-5-9-19-2/h10-11H,3-9H2,1-2H3,(H,14,18)(H,16,17). The molecular weight excluding hydrogens is 248 g/mol. The number of rotatable bonds is 7. The summed E-state index contributed by atoms with van der Waals surface area (Å²) in [5.41, 5.74) is 0. The van der Waals surface area contributed by atoms with E-state index in [-0.39, 0.29) is 12.1 Å². The summed E-state index contributed by atoms with van der Waals surface area (Å²) in [7, 11) is 1.68. The average molecular weight is 272 g/mol. The van der Waals surface area contributed by atoms with Gasteiger partial charge < -0.3 is 20.1 Å². The molecule has 2 amide bonds. The van der Waals surface area contributed by atoms with E-state index in [9.17, 15) is 9.59 Å². The predicted molar refractivity (Wildman–Crippen MR) is 71.0 cm³/mol. The molecule has 0 aliphatic carbocycles. The van der Waals surface area contributed by atoms with Gasteiger partial charge in [0.15, 0.2) is 0 Å². The Morgan fingerprint density at radius 2 is 2.11 bits per heavy atom. The Morgan fingerprint density at radius 1 is 1.37 bits per heavy atom.